The molecule has 19 heavy (non-hydrogen) atoms. The molecule has 4 heteroatoms. The van der Waals surface area contributed by atoms with Gasteiger partial charge in [-0.05, 0) is 31.2 Å². The zero-order valence-electron chi connectivity index (χ0n) is 12.5. The molecular formula is C15H31NO3. The van der Waals surface area contributed by atoms with E-state index in [1.165, 1.54) is 25.7 Å². The molecule has 0 spiro atoms. The number of aliphatic hydroxyl groups excluding tert-OH is 2. The normalized spacial score (nSPS) is 27.2. The lowest BCUT2D eigenvalue weighted by Crippen LogP contribution is -2.36. The van der Waals surface area contributed by atoms with Gasteiger partial charge in [0, 0.05) is 13.2 Å². The molecule has 0 aromatic carbocycles. The fourth-order valence-electron chi connectivity index (χ4n) is 2.71. The van der Waals surface area contributed by atoms with Gasteiger partial charge in [-0.15, -0.1) is 0 Å². The van der Waals surface area contributed by atoms with E-state index in [2.05, 4.69) is 12.2 Å². The summed E-state index contributed by atoms with van der Waals surface area (Å²) in [6.07, 6.45) is 6.04. The first-order valence-corrected chi connectivity index (χ1v) is 7.78. The van der Waals surface area contributed by atoms with Crippen LogP contribution in [0.2, 0.25) is 0 Å². The van der Waals surface area contributed by atoms with E-state index in [1.807, 2.05) is 6.92 Å². The van der Waals surface area contributed by atoms with Crippen molar-refractivity contribution in [3.8, 4) is 0 Å². The molecule has 114 valence electrons. The Kier molecular flexibility index (Phi) is 8.62. The summed E-state index contributed by atoms with van der Waals surface area (Å²) in [4.78, 5) is 0. The lowest BCUT2D eigenvalue weighted by atomic mass is 9.85. The Morgan fingerprint density at radius 1 is 1.26 bits per heavy atom. The van der Waals surface area contributed by atoms with Gasteiger partial charge in [-0.2, -0.15) is 0 Å². The summed E-state index contributed by atoms with van der Waals surface area (Å²) in [6.45, 7) is 6.06. The maximum absolute atomic E-state index is 9.87. The van der Waals surface area contributed by atoms with Crippen molar-refractivity contribution in [2.24, 2.45) is 11.8 Å². The number of rotatable bonds is 9. The van der Waals surface area contributed by atoms with Crippen molar-refractivity contribution in [1.82, 2.24) is 5.32 Å². The van der Waals surface area contributed by atoms with Gasteiger partial charge in [0.2, 0.25) is 0 Å². The number of hydrogen-bond donors (Lipinski definition) is 3. The predicted octanol–water partition coefficient (Wildman–Crippen LogP) is 1.55. The van der Waals surface area contributed by atoms with Crippen LogP contribution in [0.4, 0.5) is 0 Å². The van der Waals surface area contributed by atoms with Crippen LogP contribution >= 0.6 is 0 Å². The number of nitrogens with one attached hydrogen (secondary N) is 1. The molecule has 0 saturated heterocycles. The molecule has 1 rings (SSSR count). The number of ether oxygens (including phenoxy) is 1. The lowest BCUT2D eigenvalue weighted by Gasteiger charge is -2.31. The van der Waals surface area contributed by atoms with Gasteiger partial charge in [0.1, 0.15) is 0 Å². The first kappa shape index (κ1) is 16.9. The molecule has 4 unspecified atom stereocenters. The van der Waals surface area contributed by atoms with E-state index in [0.29, 0.717) is 25.2 Å². The Hall–Kier alpha value is -0.160. The Labute approximate surface area is 117 Å². The maximum atomic E-state index is 9.87. The molecule has 3 N–H and O–H groups in total. The molecule has 4 nitrogen and oxygen atoms in total. The van der Waals surface area contributed by atoms with Crippen LogP contribution in [0.3, 0.4) is 0 Å². The van der Waals surface area contributed by atoms with E-state index in [9.17, 15) is 5.11 Å². The molecule has 0 amide bonds. The second kappa shape index (κ2) is 9.70. The van der Waals surface area contributed by atoms with Crippen LogP contribution < -0.4 is 5.32 Å². The minimum absolute atomic E-state index is 0.180. The first-order valence-electron chi connectivity index (χ1n) is 7.78. The van der Waals surface area contributed by atoms with Gasteiger partial charge in [0.25, 0.3) is 0 Å². The Morgan fingerprint density at radius 3 is 2.68 bits per heavy atom. The molecule has 1 aliphatic carbocycles. The fourth-order valence-corrected chi connectivity index (χ4v) is 2.71. The van der Waals surface area contributed by atoms with Crippen LogP contribution in [0.1, 0.15) is 46.0 Å². The standard InChI is InChI=1S/C15H31NO3/c1-3-13-6-4-5-7-15(13)19-11-14(18)9-16-8-12(2)10-17/h12-18H,3-11H2,1-2H3. The SMILES string of the molecule is CCC1CCCCC1OCC(O)CNCC(C)CO. The van der Waals surface area contributed by atoms with Gasteiger partial charge in [0.05, 0.1) is 18.8 Å². The zero-order valence-corrected chi connectivity index (χ0v) is 12.5. The minimum Gasteiger partial charge on any atom is -0.396 e. The highest BCUT2D eigenvalue weighted by molar-refractivity contribution is 4.75. The van der Waals surface area contributed by atoms with Crippen molar-refractivity contribution in [1.29, 1.82) is 0 Å². The summed E-state index contributed by atoms with van der Waals surface area (Å²) in [7, 11) is 0. The van der Waals surface area contributed by atoms with Crippen molar-refractivity contribution in [2.45, 2.75) is 58.2 Å². The molecule has 4 atom stereocenters. The van der Waals surface area contributed by atoms with Gasteiger partial charge in [-0.25, -0.2) is 0 Å². The highest BCUT2D eigenvalue weighted by atomic mass is 16.5. The summed E-state index contributed by atoms with van der Waals surface area (Å²) in [5.41, 5.74) is 0. The van der Waals surface area contributed by atoms with Crippen LogP contribution in [0.15, 0.2) is 0 Å². The Bertz CT molecular complexity index is 225. The number of aliphatic hydroxyl groups is 2. The van der Waals surface area contributed by atoms with Crippen molar-refractivity contribution < 1.29 is 14.9 Å². The molecule has 0 bridgehead atoms. The van der Waals surface area contributed by atoms with Gasteiger partial charge < -0.3 is 20.3 Å². The monoisotopic (exact) mass is 273 g/mol. The topological polar surface area (TPSA) is 61.7 Å². The predicted molar refractivity (Wildman–Crippen MR) is 77.1 cm³/mol. The Morgan fingerprint density at radius 2 is 2.00 bits per heavy atom. The van der Waals surface area contributed by atoms with Gasteiger partial charge >= 0.3 is 0 Å². The summed E-state index contributed by atoms with van der Waals surface area (Å²) < 4.78 is 5.89. The molecule has 1 fully saturated rings. The quantitative estimate of drug-likeness (QED) is 0.596. The molecule has 0 aromatic heterocycles. The smallest absolute Gasteiger partial charge is 0.0897 e. The minimum atomic E-state index is -0.453. The fraction of sp³-hybridized carbons (Fsp3) is 1.00. The second-order valence-corrected chi connectivity index (χ2v) is 5.92. The van der Waals surface area contributed by atoms with Crippen LogP contribution in [0.5, 0.6) is 0 Å². The molecular weight excluding hydrogens is 242 g/mol. The van der Waals surface area contributed by atoms with Crippen LogP contribution in [0, 0.1) is 11.8 Å². The van der Waals surface area contributed by atoms with Gasteiger partial charge in [-0.1, -0.05) is 33.1 Å². The van der Waals surface area contributed by atoms with E-state index in [0.717, 1.165) is 13.0 Å². The second-order valence-electron chi connectivity index (χ2n) is 5.92. The van der Waals surface area contributed by atoms with Gasteiger partial charge in [-0.3, -0.25) is 0 Å². The van der Waals surface area contributed by atoms with E-state index in [-0.39, 0.29) is 12.5 Å². The van der Waals surface area contributed by atoms with Gasteiger partial charge in [0.15, 0.2) is 0 Å². The number of hydrogen-bond acceptors (Lipinski definition) is 4. The third-order valence-corrected chi connectivity index (χ3v) is 4.05. The van der Waals surface area contributed by atoms with Crippen molar-refractivity contribution in [3.05, 3.63) is 0 Å². The van der Waals surface area contributed by atoms with E-state index in [1.54, 1.807) is 0 Å². The third kappa shape index (κ3) is 6.70. The van der Waals surface area contributed by atoms with E-state index < -0.39 is 6.10 Å². The maximum Gasteiger partial charge on any atom is 0.0897 e. The first-order chi connectivity index (χ1) is 9.17. The highest BCUT2D eigenvalue weighted by Gasteiger charge is 2.24. The molecule has 1 saturated carbocycles. The van der Waals surface area contributed by atoms with Crippen LogP contribution in [-0.4, -0.2) is 48.7 Å². The highest BCUT2D eigenvalue weighted by Crippen LogP contribution is 2.29. The van der Waals surface area contributed by atoms with E-state index >= 15 is 0 Å². The average Bonchev–Trinajstić information content (AvgIpc) is 2.45. The molecule has 0 aromatic rings. The van der Waals surface area contributed by atoms with Crippen molar-refractivity contribution in [3.63, 3.8) is 0 Å². The van der Waals surface area contributed by atoms with Crippen molar-refractivity contribution >= 4 is 0 Å². The van der Waals surface area contributed by atoms with Crippen molar-refractivity contribution in [2.75, 3.05) is 26.3 Å². The largest absolute Gasteiger partial charge is 0.396 e. The molecule has 0 aliphatic heterocycles. The third-order valence-electron chi connectivity index (χ3n) is 4.05. The Balaban J connectivity index is 2.12. The average molecular weight is 273 g/mol. The lowest BCUT2D eigenvalue weighted by molar-refractivity contribution is -0.0500. The summed E-state index contributed by atoms with van der Waals surface area (Å²) in [5, 5.41) is 21.9. The molecule has 0 heterocycles. The van der Waals surface area contributed by atoms with E-state index in [4.69, 9.17) is 9.84 Å². The van der Waals surface area contributed by atoms with Crippen LogP contribution in [-0.2, 0) is 4.74 Å². The summed E-state index contributed by atoms with van der Waals surface area (Å²) in [6, 6.07) is 0. The summed E-state index contributed by atoms with van der Waals surface area (Å²) >= 11 is 0. The molecule has 1 aliphatic rings. The summed E-state index contributed by atoms with van der Waals surface area (Å²) in [5.74, 6) is 0.902. The zero-order chi connectivity index (χ0) is 14.1. The molecule has 0 radical (unpaired) electrons. The van der Waals surface area contributed by atoms with Crippen LogP contribution in [0.25, 0.3) is 0 Å².